The standard InChI is InChI=1S/C10H11NO3/c1-7-2-4-8(5-3-7)6-9(11-14)10(12)13/h2-5,14H,6H2,1H3,(H,12,13). The zero-order chi connectivity index (χ0) is 10.6. The number of hydrogen-bond donors (Lipinski definition) is 2. The number of rotatable bonds is 3. The third-order valence-electron chi connectivity index (χ3n) is 1.86. The van der Waals surface area contributed by atoms with E-state index < -0.39 is 5.97 Å². The van der Waals surface area contributed by atoms with E-state index in [0.717, 1.165) is 11.1 Å². The molecule has 0 bridgehead atoms. The molecule has 0 aliphatic heterocycles. The van der Waals surface area contributed by atoms with E-state index in [1.54, 1.807) is 0 Å². The summed E-state index contributed by atoms with van der Waals surface area (Å²) in [5.41, 5.74) is 1.66. The fraction of sp³-hybridized carbons (Fsp3) is 0.200. The van der Waals surface area contributed by atoms with E-state index in [-0.39, 0.29) is 12.1 Å². The Morgan fingerprint density at radius 1 is 1.36 bits per heavy atom. The second-order valence-electron chi connectivity index (χ2n) is 3.01. The van der Waals surface area contributed by atoms with E-state index in [0.29, 0.717) is 0 Å². The molecular weight excluding hydrogens is 182 g/mol. The molecule has 0 saturated heterocycles. The molecule has 0 fully saturated rings. The Hall–Kier alpha value is -1.84. The third kappa shape index (κ3) is 2.58. The van der Waals surface area contributed by atoms with Gasteiger partial charge < -0.3 is 10.3 Å². The van der Waals surface area contributed by atoms with Crippen molar-refractivity contribution in [1.82, 2.24) is 0 Å². The maximum Gasteiger partial charge on any atom is 0.354 e. The molecule has 0 spiro atoms. The summed E-state index contributed by atoms with van der Waals surface area (Å²) in [5.74, 6) is -1.20. The van der Waals surface area contributed by atoms with Gasteiger partial charge in [0, 0.05) is 6.42 Å². The fourth-order valence-corrected chi connectivity index (χ4v) is 1.05. The molecule has 0 unspecified atom stereocenters. The Balaban J connectivity index is 2.78. The maximum atomic E-state index is 10.5. The molecule has 1 rings (SSSR count). The van der Waals surface area contributed by atoms with Gasteiger partial charge in [-0.25, -0.2) is 4.79 Å². The van der Waals surface area contributed by atoms with Crippen molar-refractivity contribution in [3.63, 3.8) is 0 Å². The molecule has 1 aromatic rings. The van der Waals surface area contributed by atoms with Crippen LogP contribution in [0.1, 0.15) is 11.1 Å². The van der Waals surface area contributed by atoms with Crippen molar-refractivity contribution in [3.05, 3.63) is 35.4 Å². The molecule has 2 N–H and O–H groups in total. The van der Waals surface area contributed by atoms with Crippen LogP contribution >= 0.6 is 0 Å². The minimum absolute atomic E-state index is 0.131. The van der Waals surface area contributed by atoms with Crippen molar-refractivity contribution in [2.24, 2.45) is 5.16 Å². The van der Waals surface area contributed by atoms with Gasteiger partial charge in [-0.1, -0.05) is 35.0 Å². The molecule has 0 aromatic heterocycles. The summed E-state index contributed by atoms with van der Waals surface area (Å²) in [6.07, 6.45) is 0.131. The van der Waals surface area contributed by atoms with Gasteiger partial charge in [0.15, 0.2) is 5.71 Å². The van der Waals surface area contributed by atoms with Gasteiger partial charge in [-0.05, 0) is 12.5 Å². The van der Waals surface area contributed by atoms with Gasteiger partial charge in [0.05, 0.1) is 0 Å². The molecule has 0 saturated carbocycles. The molecular formula is C10H11NO3. The number of oxime groups is 1. The van der Waals surface area contributed by atoms with Crippen LogP contribution in [0.4, 0.5) is 0 Å². The molecule has 14 heavy (non-hydrogen) atoms. The molecule has 0 atom stereocenters. The van der Waals surface area contributed by atoms with Gasteiger partial charge in [0.25, 0.3) is 0 Å². The van der Waals surface area contributed by atoms with Crippen LogP contribution in [0.25, 0.3) is 0 Å². The highest BCUT2D eigenvalue weighted by Crippen LogP contribution is 2.04. The molecule has 1 aromatic carbocycles. The quantitative estimate of drug-likeness (QED) is 0.433. The highest BCUT2D eigenvalue weighted by atomic mass is 16.4. The second kappa shape index (κ2) is 4.41. The summed E-state index contributed by atoms with van der Waals surface area (Å²) >= 11 is 0. The van der Waals surface area contributed by atoms with Crippen LogP contribution < -0.4 is 0 Å². The minimum Gasteiger partial charge on any atom is -0.477 e. The number of carboxylic acids is 1. The van der Waals surface area contributed by atoms with Crippen LogP contribution in [-0.4, -0.2) is 22.0 Å². The van der Waals surface area contributed by atoms with E-state index in [9.17, 15) is 4.79 Å². The van der Waals surface area contributed by atoms with Crippen molar-refractivity contribution in [2.75, 3.05) is 0 Å². The topological polar surface area (TPSA) is 69.9 Å². The molecule has 0 aliphatic rings. The zero-order valence-corrected chi connectivity index (χ0v) is 7.77. The monoisotopic (exact) mass is 193 g/mol. The van der Waals surface area contributed by atoms with Crippen molar-refractivity contribution in [3.8, 4) is 0 Å². The average Bonchev–Trinajstić information content (AvgIpc) is 2.16. The predicted molar refractivity (Wildman–Crippen MR) is 51.7 cm³/mol. The smallest absolute Gasteiger partial charge is 0.354 e. The third-order valence-corrected chi connectivity index (χ3v) is 1.86. The van der Waals surface area contributed by atoms with E-state index >= 15 is 0 Å². The van der Waals surface area contributed by atoms with Crippen LogP contribution in [0.15, 0.2) is 29.4 Å². The Bertz CT molecular complexity index is 354. The Labute approximate surface area is 81.5 Å². The van der Waals surface area contributed by atoms with Gasteiger partial charge >= 0.3 is 5.97 Å². The lowest BCUT2D eigenvalue weighted by Crippen LogP contribution is -2.15. The van der Waals surface area contributed by atoms with Crippen molar-refractivity contribution < 1.29 is 15.1 Å². The largest absolute Gasteiger partial charge is 0.477 e. The summed E-state index contributed by atoms with van der Waals surface area (Å²) < 4.78 is 0. The summed E-state index contributed by atoms with van der Waals surface area (Å²) in [6.45, 7) is 1.95. The van der Waals surface area contributed by atoms with Gasteiger partial charge in [0.2, 0.25) is 0 Å². The van der Waals surface area contributed by atoms with Gasteiger partial charge in [-0.3, -0.25) is 0 Å². The fourth-order valence-electron chi connectivity index (χ4n) is 1.05. The lowest BCUT2D eigenvalue weighted by atomic mass is 10.1. The predicted octanol–water partition coefficient (Wildman–Crippen LogP) is 1.45. The summed E-state index contributed by atoms with van der Waals surface area (Å²) in [7, 11) is 0. The first kappa shape index (κ1) is 10.2. The van der Waals surface area contributed by atoms with Crippen molar-refractivity contribution in [1.29, 1.82) is 0 Å². The Morgan fingerprint density at radius 2 is 1.93 bits per heavy atom. The van der Waals surface area contributed by atoms with E-state index in [2.05, 4.69) is 5.16 Å². The first-order valence-electron chi connectivity index (χ1n) is 4.13. The number of hydrogen-bond acceptors (Lipinski definition) is 3. The van der Waals surface area contributed by atoms with Gasteiger partial charge in [-0.15, -0.1) is 0 Å². The molecule has 4 nitrogen and oxygen atoms in total. The molecule has 4 heteroatoms. The zero-order valence-electron chi connectivity index (χ0n) is 7.77. The van der Waals surface area contributed by atoms with Crippen molar-refractivity contribution >= 4 is 11.7 Å². The second-order valence-corrected chi connectivity index (χ2v) is 3.01. The summed E-state index contributed by atoms with van der Waals surface area (Å²) in [5, 5.41) is 19.7. The molecule has 0 aliphatic carbocycles. The van der Waals surface area contributed by atoms with Gasteiger partial charge in [-0.2, -0.15) is 0 Å². The van der Waals surface area contributed by atoms with Crippen LogP contribution in [0.5, 0.6) is 0 Å². The molecule has 0 heterocycles. The Kier molecular flexibility index (Phi) is 3.23. The van der Waals surface area contributed by atoms with Crippen LogP contribution in [-0.2, 0) is 11.2 Å². The van der Waals surface area contributed by atoms with Crippen LogP contribution in [0.3, 0.4) is 0 Å². The highest BCUT2D eigenvalue weighted by Gasteiger charge is 2.10. The lowest BCUT2D eigenvalue weighted by molar-refractivity contribution is -0.129. The van der Waals surface area contributed by atoms with Crippen molar-refractivity contribution in [2.45, 2.75) is 13.3 Å². The minimum atomic E-state index is -1.20. The van der Waals surface area contributed by atoms with E-state index in [4.69, 9.17) is 10.3 Å². The number of benzene rings is 1. The molecule has 74 valence electrons. The summed E-state index contributed by atoms with van der Waals surface area (Å²) in [6, 6.07) is 7.38. The highest BCUT2D eigenvalue weighted by molar-refractivity contribution is 6.35. The molecule has 0 amide bonds. The van der Waals surface area contributed by atoms with E-state index in [1.165, 1.54) is 0 Å². The average molecular weight is 193 g/mol. The first-order valence-corrected chi connectivity index (χ1v) is 4.13. The number of nitrogens with zero attached hydrogens (tertiary/aromatic N) is 1. The first-order chi connectivity index (χ1) is 6.63. The maximum absolute atomic E-state index is 10.5. The normalized spacial score (nSPS) is 11.4. The van der Waals surface area contributed by atoms with Crippen LogP contribution in [0.2, 0.25) is 0 Å². The Morgan fingerprint density at radius 3 is 2.36 bits per heavy atom. The SMILES string of the molecule is Cc1ccc(CC(=NO)C(=O)O)cc1. The number of aryl methyl sites for hydroxylation is 1. The number of carbonyl (C=O) groups is 1. The van der Waals surface area contributed by atoms with E-state index in [1.807, 2.05) is 31.2 Å². The summed E-state index contributed by atoms with van der Waals surface area (Å²) in [4.78, 5) is 10.5. The number of aliphatic carboxylic acids is 1. The number of carboxylic acid groups (broad SMARTS) is 1. The van der Waals surface area contributed by atoms with Gasteiger partial charge in [0.1, 0.15) is 0 Å². The lowest BCUT2D eigenvalue weighted by Gasteiger charge is -2.00. The van der Waals surface area contributed by atoms with Crippen LogP contribution in [0, 0.1) is 6.92 Å². The molecule has 0 radical (unpaired) electrons.